The van der Waals surface area contributed by atoms with E-state index in [1.165, 1.54) is 6.92 Å². The van der Waals surface area contributed by atoms with Crippen molar-refractivity contribution >= 4 is 5.97 Å². The molecule has 0 saturated carbocycles. The zero-order valence-electron chi connectivity index (χ0n) is 11.8. The molecule has 0 radical (unpaired) electrons. The number of carboxylic acid groups (broad SMARTS) is 1. The molecule has 6 nitrogen and oxygen atoms in total. The number of rotatable bonds is 1. The van der Waals surface area contributed by atoms with Crippen molar-refractivity contribution in [1.29, 1.82) is 0 Å². The van der Waals surface area contributed by atoms with Crippen LogP contribution in [0.2, 0.25) is 0 Å². The van der Waals surface area contributed by atoms with Gasteiger partial charge in [-0.05, 0) is 38.8 Å². The predicted molar refractivity (Wildman–Crippen MR) is 70.0 cm³/mol. The average molecular weight is 282 g/mol. The summed E-state index contributed by atoms with van der Waals surface area (Å²) in [5, 5.41) is 39.6. The molecule has 20 heavy (non-hydrogen) atoms. The summed E-state index contributed by atoms with van der Waals surface area (Å²) in [5.74, 6) is -1.15. The van der Waals surface area contributed by atoms with Crippen LogP contribution in [0.3, 0.4) is 0 Å². The molecule has 0 bridgehead atoms. The zero-order valence-corrected chi connectivity index (χ0v) is 11.8. The van der Waals surface area contributed by atoms with Crippen molar-refractivity contribution < 1.29 is 30.0 Å². The van der Waals surface area contributed by atoms with Crippen molar-refractivity contribution in [2.24, 2.45) is 0 Å². The molecule has 1 aromatic carbocycles. The number of hydrogen-bond acceptors (Lipinski definition) is 5. The summed E-state index contributed by atoms with van der Waals surface area (Å²) >= 11 is 0. The van der Waals surface area contributed by atoms with Crippen LogP contribution in [0.5, 0.6) is 11.5 Å². The van der Waals surface area contributed by atoms with Gasteiger partial charge in [0.15, 0.2) is 0 Å². The van der Waals surface area contributed by atoms with Crippen LogP contribution in [-0.2, 0) is 4.79 Å². The first kappa shape index (κ1) is 14.6. The Morgan fingerprint density at radius 1 is 1.15 bits per heavy atom. The van der Waals surface area contributed by atoms with Gasteiger partial charge in [-0.3, -0.25) is 0 Å². The molecule has 1 aliphatic rings. The Hall–Kier alpha value is -1.79. The fraction of sp³-hybridized carbons (Fsp3) is 0.500. The molecule has 0 saturated heterocycles. The number of hydrogen-bond donors (Lipinski definition) is 4. The number of carboxylic acids is 1. The van der Waals surface area contributed by atoms with Crippen molar-refractivity contribution in [1.82, 2.24) is 0 Å². The Kier molecular flexibility index (Phi) is 3.19. The highest BCUT2D eigenvalue weighted by Gasteiger charge is 2.52. The zero-order chi connectivity index (χ0) is 15.4. The Labute approximate surface area is 116 Å². The van der Waals surface area contributed by atoms with E-state index in [1.54, 1.807) is 20.8 Å². The van der Waals surface area contributed by atoms with Gasteiger partial charge in [-0.25, -0.2) is 4.79 Å². The topological polar surface area (TPSA) is 107 Å². The van der Waals surface area contributed by atoms with E-state index in [-0.39, 0.29) is 17.1 Å². The summed E-state index contributed by atoms with van der Waals surface area (Å²) in [7, 11) is 0. The molecule has 110 valence electrons. The molecule has 0 amide bonds. The summed E-state index contributed by atoms with van der Waals surface area (Å²) in [4.78, 5) is 11.3. The van der Waals surface area contributed by atoms with Crippen LogP contribution in [-0.4, -0.2) is 38.1 Å². The lowest BCUT2D eigenvalue weighted by atomic mass is 9.83. The number of aliphatic hydroxyl groups is 2. The van der Waals surface area contributed by atoms with E-state index >= 15 is 0 Å². The molecule has 0 fully saturated rings. The van der Waals surface area contributed by atoms with Gasteiger partial charge in [-0.2, -0.15) is 0 Å². The van der Waals surface area contributed by atoms with Gasteiger partial charge in [-0.15, -0.1) is 0 Å². The summed E-state index contributed by atoms with van der Waals surface area (Å²) < 4.78 is 5.49. The van der Waals surface area contributed by atoms with Crippen LogP contribution in [0.15, 0.2) is 0 Å². The molecule has 0 aromatic heterocycles. The smallest absolute Gasteiger partial charge is 0.350 e. The second-order valence-electron chi connectivity index (χ2n) is 5.37. The molecule has 0 spiro atoms. The molecule has 2 rings (SSSR count). The first-order valence-electron chi connectivity index (χ1n) is 6.24. The van der Waals surface area contributed by atoms with Crippen LogP contribution in [0.1, 0.15) is 35.3 Å². The molecular formula is C14H18O6. The standard InChI is InChI=1S/C14H18O6/c1-5-6(2)11-8(7(3)9(5)15)10(16)12(17)14(4,20-11)13(18)19/h10,12,15-17H,1-4H3,(H,18,19)/t10-,12+,14+/m1/s1. The fourth-order valence-electron chi connectivity index (χ4n) is 2.52. The van der Waals surface area contributed by atoms with Crippen LogP contribution in [0.25, 0.3) is 0 Å². The second kappa shape index (κ2) is 4.36. The highest BCUT2D eigenvalue weighted by Crippen LogP contribution is 2.47. The highest BCUT2D eigenvalue weighted by atomic mass is 16.5. The highest BCUT2D eigenvalue weighted by molar-refractivity contribution is 5.80. The number of aliphatic hydroxyl groups excluding tert-OH is 2. The van der Waals surface area contributed by atoms with E-state index in [0.29, 0.717) is 16.7 Å². The van der Waals surface area contributed by atoms with Gasteiger partial charge in [0.25, 0.3) is 0 Å². The number of carbonyl (C=O) groups is 1. The van der Waals surface area contributed by atoms with Gasteiger partial charge >= 0.3 is 5.97 Å². The molecule has 3 atom stereocenters. The fourth-order valence-corrected chi connectivity index (χ4v) is 2.52. The lowest BCUT2D eigenvalue weighted by Crippen LogP contribution is -2.57. The summed E-state index contributed by atoms with van der Waals surface area (Å²) in [5.41, 5.74) is -0.231. The number of ether oxygens (including phenoxy) is 1. The van der Waals surface area contributed by atoms with Crippen molar-refractivity contribution in [3.05, 3.63) is 22.3 Å². The monoisotopic (exact) mass is 282 g/mol. The van der Waals surface area contributed by atoms with Crippen LogP contribution in [0.4, 0.5) is 0 Å². The molecule has 1 heterocycles. The van der Waals surface area contributed by atoms with Gasteiger partial charge < -0.3 is 25.2 Å². The minimum absolute atomic E-state index is 0.00929. The number of aromatic hydroxyl groups is 1. The lowest BCUT2D eigenvalue weighted by Gasteiger charge is -2.41. The third-order valence-electron chi connectivity index (χ3n) is 4.16. The number of fused-ring (bicyclic) bond motifs is 1. The van der Waals surface area contributed by atoms with Crippen LogP contribution in [0, 0.1) is 20.8 Å². The quantitative estimate of drug-likeness (QED) is 0.611. The molecule has 6 heteroatoms. The maximum Gasteiger partial charge on any atom is 0.350 e. The Bertz CT molecular complexity index is 594. The van der Waals surface area contributed by atoms with Crippen molar-refractivity contribution in [3.63, 3.8) is 0 Å². The van der Waals surface area contributed by atoms with Gasteiger partial charge in [0.1, 0.15) is 23.7 Å². The second-order valence-corrected chi connectivity index (χ2v) is 5.37. The SMILES string of the molecule is Cc1c(C)c2c(c(C)c1O)[C@@H](O)[C@H](O)[C@@](C)(C(=O)O)O2. The summed E-state index contributed by atoms with van der Waals surface area (Å²) in [6, 6.07) is 0. The van der Waals surface area contributed by atoms with Gasteiger partial charge in [0, 0.05) is 11.1 Å². The molecule has 0 aliphatic carbocycles. The van der Waals surface area contributed by atoms with E-state index in [9.17, 15) is 25.2 Å². The Balaban J connectivity index is 2.76. The molecule has 1 aromatic rings. The maximum absolute atomic E-state index is 11.3. The van der Waals surface area contributed by atoms with Gasteiger partial charge in [0.05, 0.1) is 0 Å². The van der Waals surface area contributed by atoms with Gasteiger partial charge in [-0.1, -0.05) is 0 Å². The third kappa shape index (κ3) is 1.68. The van der Waals surface area contributed by atoms with E-state index in [1.807, 2.05) is 0 Å². The lowest BCUT2D eigenvalue weighted by molar-refractivity contribution is -0.178. The van der Waals surface area contributed by atoms with E-state index in [4.69, 9.17) is 4.74 Å². The van der Waals surface area contributed by atoms with E-state index in [0.717, 1.165) is 0 Å². The van der Waals surface area contributed by atoms with Crippen molar-refractivity contribution in [3.8, 4) is 11.5 Å². The Morgan fingerprint density at radius 3 is 2.20 bits per heavy atom. The van der Waals surface area contributed by atoms with Gasteiger partial charge in [0.2, 0.25) is 5.60 Å². The average Bonchev–Trinajstić information content (AvgIpc) is 2.39. The van der Waals surface area contributed by atoms with Crippen molar-refractivity contribution in [2.75, 3.05) is 0 Å². The first-order chi connectivity index (χ1) is 9.12. The Morgan fingerprint density at radius 2 is 1.70 bits per heavy atom. The first-order valence-corrected chi connectivity index (χ1v) is 6.24. The minimum atomic E-state index is -1.94. The number of phenolic OH excluding ortho intramolecular Hbond substituents is 1. The molecule has 4 N–H and O–H groups in total. The summed E-state index contributed by atoms with van der Waals surface area (Å²) in [6.07, 6.45) is -3.07. The summed E-state index contributed by atoms with van der Waals surface area (Å²) in [6.45, 7) is 6.14. The van der Waals surface area contributed by atoms with E-state index < -0.39 is 23.8 Å². The third-order valence-corrected chi connectivity index (χ3v) is 4.16. The number of benzene rings is 1. The normalized spacial score (nSPS) is 28.7. The predicted octanol–water partition coefficient (Wildman–Crippen LogP) is 0.947. The van der Waals surface area contributed by atoms with Crippen molar-refractivity contribution in [2.45, 2.75) is 45.5 Å². The maximum atomic E-state index is 11.3. The van der Waals surface area contributed by atoms with Crippen LogP contribution >= 0.6 is 0 Å². The largest absolute Gasteiger partial charge is 0.507 e. The molecule has 1 aliphatic heterocycles. The van der Waals surface area contributed by atoms with E-state index in [2.05, 4.69) is 0 Å². The minimum Gasteiger partial charge on any atom is -0.507 e. The number of phenols is 1. The molecular weight excluding hydrogens is 264 g/mol. The van der Waals surface area contributed by atoms with Crippen LogP contribution < -0.4 is 4.74 Å². The number of aliphatic carboxylic acids is 1. The molecule has 0 unspecified atom stereocenters.